The van der Waals surface area contributed by atoms with Crippen molar-refractivity contribution in [2.24, 2.45) is 0 Å². The molecule has 0 fully saturated rings. The molecule has 0 atom stereocenters. The van der Waals surface area contributed by atoms with Gasteiger partial charge in [0.2, 0.25) is 0 Å². The summed E-state index contributed by atoms with van der Waals surface area (Å²) in [5, 5.41) is 19.0. The zero-order valence-corrected chi connectivity index (χ0v) is 24.2. The van der Waals surface area contributed by atoms with Gasteiger partial charge in [-0.15, -0.1) is 0 Å². The van der Waals surface area contributed by atoms with E-state index in [4.69, 9.17) is 4.43 Å². The largest absolute Gasteiger partial charge is 0.748 e. The summed E-state index contributed by atoms with van der Waals surface area (Å²) in [5.41, 5.74) is 0. The van der Waals surface area contributed by atoms with E-state index in [0.717, 1.165) is 24.1 Å². The van der Waals surface area contributed by atoms with Gasteiger partial charge in [0.05, 0.1) is 63.2 Å². The summed E-state index contributed by atoms with van der Waals surface area (Å²) < 4.78 is 39.4. The van der Waals surface area contributed by atoms with Crippen LogP contribution in [0, 0.1) is 0 Å². The molecule has 0 heterocycles. The first-order valence-electron chi connectivity index (χ1n) is 13.3. The number of quaternary nitrogens is 2. The number of hydrogen-bond acceptors (Lipinski definition) is 8. The molecule has 0 bridgehead atoms. The summed E-state index contributed by atoms with van der Waals surface area (Å²) in [7, 11) is -5.97. The number of aliphatic hydroxyl groups is 2. The normalized spacial score (nSPS) is 13.5. The van der Waals surface area contributed by atoms with E-state index < -0.39 is 24.7 Å². The number of nitrogens with zero attached hydrogens (tertiary/aromatic N) is 2. The predicted molar refractivity (Wildman–Crippen MR) is 138 cm³/mol. The van der Waals surface area contributed by atoms with Gasteiger partial charge in [0.1, 0.15) is 19.6 Å². The molecule has 0 saturated heterocycles. The van der Waals surface area contributed by atoms with Crippen LogP contribution in [0.25, 0.3) is 0 Å². The molecule has 0 rings (SSSR count). The first-order chi connectivity index (χ1) is 16.4. The predicted octanol–water partition coefficient (Wildman–Crippen LogP) is 0.880. The lowest BCUT2D eigenvalue weighted by Gasteiger charge is -2.38. The van der Waals surface area contributed by atoms with Crippen molar-refractivity contribution >= 4 is 18.9 Å². The Morgan fingerprint density at radius 2 is 1.29 bits per heavy atom. The van der Waals surface area contributed by atoms with Crippen LogP contribution in [0.15, 0.2) is 0 Å². The highest BCUT2D eigenvalue weighted by Crippen LogP contribution is 2.16. The minimum Gasteiger partial charge on any atom is -0.748 e. The topological polar surface area (TPSA) is 147 Å². The van der Waals surface area contributed by atoms with Gasteiger partial charge in [-0.2, -0.15) is 0 Å². The van der Waals surface area contributed by atoms with Crippen molar-refractivity contribution in [1.82, 2.24) is 0 Å². The Morgan fingerprint density at radius 3 is 1.74 bits per heavy atom. The first kappa shape index (κ1) is 34.8. The molecule has 0 radical (unpaired) electrons. The number of rotatable bonds is 24. The molecule has 0 aliphatic heterocycles. The number of aliphatic hydroxyl groups excluding tert-OH is 2. The molecule has 0 saturated carbocycles. The van der Waals surface area contributed by atoms with Crippen LogP contribution in [0.2, 0.25) is 6.04 Å². The molecule has 0 amide bonds. The van der Waals surface area contributed by atoms with Crippen molar-refractivity contribution in [1.29, 1.82) is 0 Å². The lowest BCUT2D eigenvalue weighted by atomic mass is 10.1. The first-order valence-corrected chi connectivity index (χ1v) is 16.9. The molecule has 0 spiro atoms. The average molecular weight is 546 g/mol. The maximum Gasteiger partial charge on any atom is 0.495 e. The maximum absolute atomic E-state index is 10.9. The molecule has 0 unspecified atom stereocenters. The second kappa shape index (κ2) is 18.2. The second-order valence-electron chi connectivity index (χ2n) is 10.2. The highest BCUT2D eigenvalue weighted by molar-refractivity contribution is 7.85. The Morgan fingerprint density at radius 1 is 0.771 bits per heavy atom. The van der Waals surface area contributed by atoms with Crippen LogP contribution in [0.1, 0.15) is 65.2 Å². The summed E-state index contributed by atoms with van der Waals surface area (Å²) in [5.74, 6) is -0.517. The molecule has 12 heteroatoms. The fourth-order valence-corrected chi connectivity index (χ4v) is 6.32. The fraction of sp³-hybridized carbons (Fsp3) is 1.00. The molecule has 4 N–H and O–H groups in total. The molecule has 0 aromatic rings. The highest BCUT2D eigenvalue weighted by atomic mass is 32.2. The molecule has 35 heavy (non-hydrogen) atoms. The Balaban J connectivity index is 4.83. The molecule has 212 valence electrons. The summed E-state index contributed by atoms with van der Waals surface area (Å²) in [6.07, 6.45) is 7.83. The zero-order chi connectivity index (χ0) is 26.8. The van der Waals surface area contributed by atoms with E-state index in [-0.39, 0.29) is 62.9 Å². The molecular weight excluding hydrogens is 492 g/mol. The minimum atomic E-state index is -4.35. The Labute approximate surface area is 214 Å². The van der Waals surface area contributed by atoms with E-state index in [9.17, 15) is 32.8 Å². The molecule has 0 aromatic carbocycles. The number of unbranched alkanes of at least 4 members (excludes halogenated alkanes) is 4. The van der Waals surface area contributed by atoms with Crippen LogP contribution < -0.4 is 0 Å². The fourth-order valence-electron chi connectivity index (χ4n) is 4.66. The maximum atomic E-state index is 10.9. The summed E-state index contributed by atoms with van der Waals surface area (Å²) >= 11 is 0. The van der Waals surface area contributed by atoms with Gasteiger partial charge in [0.15, 0.2) is 0 Å². The van der Waals surface area contributed by atoms with E-state index in [1.165, 1.54) is 38.5 Å². The quantitative estimate of drug-likeness (QED) is 0.0605. The van der Waals surface area contributed by atoms with Crippen molar-refractivity contribution in [3.05, 3.63) is 0 Å². The van der Waals surface area contributed by atoms with E-state index >= 15 is 0 Å². The van der Waals surface area contributed by atoms with Crippen LogP contribution in [0.4, 0.5) is 0 Å². The van der Waals surface area contributed by atoms with E-state index in [1.807, 2.05) is 0 Å². The summed E-state index contributed by atoms with van der Waals surface area (Å²) in [6, 6.07) is 0.205. The van der Waals surface area contributed by atoms with Gasteiger partial charge in [-0.05, 0) is 25.7 Å². The monoisotopic (exact) mass is 545 g/mol. The second-order valence-corrected chi connectivity index (χ2v) is 14.0. The SMILES string of the molecule is CCCCC[N+](C)(CCCCC)CCC[Si](O)(O)OCC[N+](CCO)(CCO)CCCS(=O)(=O)[O-]. The molecule has 10 nitrogen and oxygen atoms in total. The van der Waals surface area contributed by atoms with Gasteiger partial charge in [-0.3, -0.25) is 0 Å². The van der Waals surface area contributed by atoms with Crippen molar-refractivity contribution in [3.63, 3.8) is 0 Å². The third-order valence-electron chi connectivity index (χ3n) is 6.88. The average Bonchev–Trinajstić information content (AvgIpc) is 2.73. The standard InChI is InChI=1S/C23H53N2O8SSi/c1-4-6-8-12-24(3,13-9-7-5-2)14-11-23-35(31,32)33-21-18-25(16-19-26,17-20-27)15-10-22-34(28,29)30/h26-27,31-32H,4-23H2,1-3H3/q+1. The molecule has 0 aromatic heterocycles. The Bertz CT molecular complexity index is 621. The Hall–Kier alpha value is -0.153. The molecular formula is C23H53N2O8SSi+. The van der Waals surface area contributed by atoms with Crippen LogP contribution in [-0.2, 0) is 14.5 Å². The highest BCUT2D eigenvalue weighted by Gasteiger charge is 2.35. The van der Waals surface area contributed by atoms with Crippen molar-refractivity contribution in [2.45, 2.75) is 71.3 Å². The van der Waals surface area contributed by atoms with Gasteiger partial charge in [0, 0.05) is 24.6 Å². The van der Waals surface area contributed by atoms with Gasteiger partial charge in [-0.1, -0.05) is 26.7 Å². The van der Waals surface area contributed by atoms with Crippen molar-refractivity contribution in [2.75, 3.05) is 78.4 Å². The minimum absolute atomic E-state index is 0.0163. The zero-order valence-electron chi connectivity index (χ0n) is 22.4. The summed E-state index contributed by atoms with van der Waals surface area (Å²) in [4.78, 5) is 21.0. The third kappa shape index (κ3) is 17.9. The Kier molecular flexibility index (Phi) is 18.1. The molecule has 0 aliphatic rings. The number of hydrogen-bond donors (Lipinski definition) is 4. The van der Waals surface area contributed by atoms with Crippen molar-refractivity contribution in [3.8, 4) is 0 Å². The van der Waals surface area contributed by atoms with Crippen LogP contribution in [0.5, 0.6) is 0 Å². The van der Waals surface area contributed by atoms with Gasteiger partial charge in [0.25, 0.3) is 0 Å². The van der Waals surface area contributed by atoms with Crippen LogP contribution in [-0.4, -0.2) is 129 Å². The summed E-state index contributed by atoms with van der Waals surface area (Å²) in [6.45, 7) is 8.12. The van der Waals surface area contributed by atoms with Crippen molar-refractivity contribution < 1.29 is 46.2 Å². The van der Waals surface area contributed by atoms with Crippen LogP contribution in [0.3, 0.4) is 0 Å². The lowest BCUT2D eigenvalue weighted by Crippen LogP contribution is -2.55. The van der Waals surface area contributed by atoms with Gasteiger partial charge in [-0.25, -0.2) is 8.42 Å². The third-order valence-corrected chi connectivity index (χ3v) is 9.34. The van der Waals surface area contributed by atoms with Gasteiger partial charge < -0.3 is 37.7 Å². The van der Waals surface area contributed by atoms with E-state index in [0.29, 0.717) is 6.42 Å². The van der Waals surface area contributed by atoms with Crippen LogP contribution >= 0.6 is 0 Å². The van der Waals surface area contributed by atoms with Gasteiger partial charge >= 0.3 is 8.80 Å². The van der Waals surface area contributed by atoms with E-state index in [2.05, 4.69) is 20.9 Å². The smallest absolute Gasteiger partial charge is 0.495 e. The molecule has 0 aliphatic carbocycles. The lowest BCUT2D eigenvalue weighted by molar-refractivity contribution is -0.928. The van der Waals surface area contributed by atoms with E-state index in [1.54, 1.807) is 0 Å².